The third-order valence-corrected chi connectivity index (χ3v) is 6.36. The summed E-state index contributed by atoms with van der Waals surface area (Å²) < 4.78 is 10.2. The van der Waals surface area contributed by atoms with Crippen LogP contribution < -0.4 is 20.2 Å². The van der Waals surface area contributed by atoms with E-state index in [1.165, 1.54) is 14.2 Å². The second-order valence-corrected chi connectivity index (χ2v) is 8.98. The summed E-state index contributed by atoms with van der Waals surface area (Å²) in [7, 11) is 2.85. The van der Waals surface area contributed by atoms with E-state index in [4.69, 9.17) is 14.3 Å². The van der Waals surface area contributed by atoms with Gasteiger partial charge in [-0.25, -0.2) is 9.59 Å². The van der Waals surface area contributed by atoms with E-state index in [0.29, 0.717) is 41.4 Å². The van der Waals surface area contributed by atoms with E-state index < -0.39 is 5.97 Å². The normalized spacial score (nSPS) is 15.0. The number of hydrogen-bond donors (Lipinski definition) is 2. The van der Waals surface area contributed by atoms with Crippen LogP contribution in [0.1, 0.15) is 34.3 Å². The summed E-state index contributed by atoms with van der Waals surface area (Å²) in [5.41, 5.74) is 3.36. The van der Waals surface area contributed by atoms with Crippen LogP contribution in [0, 0.1) is 6.92 Å². The highest BCUT2D eigenvalue weighted by Gasteiger charge is 2.32. The number of anilines is 2. The van der Waals surface area contributed by atoms with Crippen LogP contribution in [-0.4, -0.2) is 49.7 Å². The van der Waals surface area contributed by atoms with Crippen molar-refractivity contribution in [2.75, 3.05) is 31.4 Å². The van der Waals surface area contributed by atoms with Crippen LogP contribution in [-0.2, 0) is 16.0 Å². The summed E-state index contributed by atoms with van der Waals surface area (Å²) in [5, 5.41) is 7.33. The van der Waals surface area contributed by atoms with Gasteiger partial charge in [-0.15, -0.1) is 5.06 Å². The van der Waals surface area contributed by atoms with Crippen LogP contribution in [0.3, 0.4) is 0 Å². The molecular weight excluding hydrogens is 486 g/mol. The van der Waals surface area contributed by atoms with Crippen molar-refractivity contribution < 1.29 is 28.7 Å². The first-order valence-corrected chi connectivity index (χ1v) is 12.3. The molecule has 2 N–H and O–H groups in total. The molecular formula is C29H31N3O6. The molecule has 198 valence electrons. The van der Waals surface area contributed by atoms with Gasteiger partial charge in [0.05, 0.1) is 25.5 Å². The SMILES string of the molecule is COC(=O)c1ccc(ON2CCC[C@H]2C(=O)Cc2ccc(NC(=O)Nc3ccccc3C)c(OC)c2)cc1. The molecule has 1 atom stereocenters. The maximum absolute atomic E-state index is 13.2. The summed E-state index contributed by atoms with van der Waals surface area (Å²) in [4.78, 5) is 43.3. The van der Waals surface area contributed by atoms with E-state index >= 15 is 0 Å². The highest BCUT2D eigenvalue weighted by molar-refractivity contribution is 6.01. The van der Waals surface area contributed by atoms with Gasteiger partial charge in [-0.3, -0.25) is 4.79 Å². The Hall–Kier alpha value is -4.37. The average molecular weight is 518 g/mol. The number of benzene rings is 3. The maximum atomic E-state index is 13.2. The number of rotatable bonds is 9. The molecule has 3 aromatic rings. The van der Waals surface area contributed by atoms with Crippen molar-refractivity contribution in [1.82, 2.24) is 5.06 Å². The molecule has 1 heterocycles. The van der Waals surface area contributed by atoms with Crippen LogP contribution in [0.15, 0.2) is 66.7 Å². The Morgan fingerprint density at radius 2 is 1.68 bits per heavy atom. The van der Waals surface area contributed by atoms with E-state index in [1.54, 1.807) is 47.5 Å². The van der Waals surface area contributed by atoms with Gasteiger partial charge in [0.1, 0.15) is 17.5 Å². The van der Waals surface area contributed by atoms with Crippen molar-refractivity contribution in [1.29, 1.82) is 0 Å². The van der Waals surface area contributed by atoms with Crippen molar-refractivity contribution in [2.24, 2.45) is 0 Å². The van der Waals surface area contributed by atoms with E-state index in [0.717, 1.165) is 17.5 Å². The minimum absolute atomic E-state index is 0.0220. The van der Waals surface area contributed by atoms with Crippen LogP contribution in [0.2, 0.25) is 0 Å². The van der Waals surface area contributed by atoms with Crippen LogP contribution in [0.5, 0.6) is 11.5 Å². The molecule has 1 aliphatic heterocycles. The van der Waals surface area contributed by atoms with E-state index in [9.17, 15) is 14.4 Å². The first-order chi connectivity index (χ1) is 18.4. The van der Waals surface area contributed by atoms with Crippen molar-refractivity contribution in [3.8, 4) is 11.5 Å². The standard InChI is InChI=1S/C29H31N3O6/c1-19-7-4-5-8-23(19)30-29(35)31-24-15-10-20(18-27(24)36-2)17-26(33)25-9-6-16-32(25)38-22-13-11-21(12-14-22)28(34)37-3/h4-5,7-8,10-15,18,25H,6,9,16-17H2,1-3H3,(H2,30,31,35)/t25-/m0/s1. The molecule has 0 aromatic heterocycles. The lowest BCUT2D eigenvalue weighted by atomic mass is 10.0. The highest BCUT2D eigenvalue weighted by Crippen LogP contribution is 2.28. The van der Waals surface area contributed by atoms with Gasteiger partial charge < -0.3 is 24.9 Å². The number of nitrogens with zero attached hydrogens (tertiary/aromatic N) is 1. The number of methoxy groups -OCH3 is 2. The third-order valence-electron chi connectivity index (χ3n) is 6.36. The Morgan fingerprint density at radius 1 is 0.947 bits per heavy atom. The number of nitrogens with one attached hydrogen (secondary N) is 2. The van der Waals surface area contributed by atoms with Crippen molar-refractivity contribution >= 4 is 29.2 Å². The number of ketones is 1. The number of hydrogen-bond acceptors (Lipinski definition) is 7. The smallest absolute Gasteiger partial charge is 0.337 e. The van der Waals surface area contributed by atoms with Gasteiger partial charge in [0.2, 0.25) is 0 Å². The highest BCUT2D eigenvalue weighted by atomic mass is 16.7. The molecule has 0 aliphatic carbocycles. The van der Waals surface area contributed by atoms with Gasteiger partial charge in [0.25, 0.3) is 0 Å². The number of esters is 1. The second-order valence-electron chi connectivity index (χ2n) is 8.98. The number of amides is 2. The molecule has 1 saturated heterocycles. The van der Waals surface area contributed by atoms with Gasteiger partial charge >= 0.3 is 12.0 Å². The van der Waals surface area contributed by atoms with E-state index in [-0.39, 0.29) is 24.3 Å². The summed E-state index contributed by atoms with van der Waals surface area (Å²) >= 11 is 0. The Kier molecular flexibility index (Phi) is 8.60. The number of aryl methyl sites for hydroxylation is 1. The van der Waals surface area contributed by atoms with Gasteiger partial charge in [-0.2, -0.15) is 0 Å². The zero-order valence-corrected chi connectivity index (χ0v) is 21.7. The number of ether oxygens (including phenoxy) is 2. The fraction of sp³-hybridized carbons (Fsp3) is 0.276. The molecule has 9 heteroatoms. The van der Waals surface area contributed by atoms with Gasteiger partial charge in [-0.05, 0) is 73.4 Å². The van der Waals surface area contributed by atoms with E-state index in [2.05, 4.69) is 10.6 Å². The number of carbonyl (C=O) groups is 3. The molecule has 0 spiro atoms. The predicted octanol–water partition coefficient (Wildman–Crippen LogP) is 5.00. The van der Waals surface area contributed by atoms with Crippen LogP contribution in [0.25, 0.3) is 0 Å². The Labute approximate surface area is 221 Å². The molecule has 0 unspecified atom stereocenters. The third kappa shape index (κ3) is 6.49. The lowest BCUT2D eigenvalue weighted by Gasteiger charge is -2.23. The second kappa shape index (κ2) is 12.2. The lowest BCUT2D eigenvalue weighted by molar-refractivity contribution is -0.135. The molecule has 0 bridgehead atoms. The molecule has 1 aliphatic rings. The Balaban J connectivity index is 1.37. The van der Waals surface area contributed by atoms with E-state index in [1.807, 2.05) is 31.2 Å². The minimum Gasteiger partial charge on any atom is -0.495 e. The quantitative estimate of drug-likeness (QED) is 0.385. The molecule has 0 saturated carbocycles. The Bertz CT molecular complexity index is 1310. The van der Waals surface area contributed by atoms with Crippen LogP contribution >= 0.6 is 0 Å². The van der Waals surface area contributed by atoms with Crippen molar-refractivity contribution in [3.63, 3.8) is 0 Å². The van der Waals surface area contributed by atoms with Crippen molar-refractivity contribution in [2.45, 2.75) is 32.2 Å². The summed E-state index contributed by atoms with van der Waals surface area (Å²) in [6, 6.07) is 18.6. The molecule has 2 amide bonds. The summed E-state index contributed by atoms with van der Waals surface area (Å²) in [6.07, 6.45) is 1.71. The largest absolute Gasteiger partial charge is 0.495 e. The molecule has 4 rings (SSSR count). The number of para-hydroxylation sites is 1. The fourth-order valence-corrected chi connectivity index (χ4v) is 4.33. The minimum atomic E-state index is -0.422. The number of carbonyl (C=O) groups excluding carboxylic acids is 3. The lowest BCUT2D eigenvalue weighted by Crippen LogP contribution is -2.39. The Morgan fingerprint density at radius 3 is 2.39 bits per heavy atom. The summed E-state index contributed by atoms with van der Waals surface area (Å²) in [6.45, 7) is 2.54. The summed E-state index contributed by atoms with van der Waals surface area (Å²) in [5.74, 6) is 0.599. The monoisotopic (exact) mass is 517 g/mol. The number of hydroxylamine groups is 2. The first kappa shape index (κ1) is 26.7. The molecule has 3 aromatic carbocycles. The zero-order chi connectivity index (χ0) is 27.1. The van der Waals surface area contributed by atoms with Crippen molar-refractivity contribution in [3.05, 3.63) is 83.4 Å². The number of urea groups is 1. The molecule has 9 nitrogen and oxygen atoms in total. The van der Waals surface area contributed by atoms with Gasteiger partial charge in [0, 0.05) is 18.7 Å². The fourth-order valence-electron chi connectivity index (χ4n) is 4.33. The molecule has 38 heavy (non-hydrogen) atoms. The zero-order valence-electron chi connectivity index (χ0n) is 21.7. The topological polar surface area (TPSA) is 106 Å². The van der Waals surface area contributed by atoms with Crippen LogP contribution in [0.4, 0.5) is 16.2 Å². The molecule has 0 radical (unpaired) electrons. The first-order valence-electron chi connectivity index (χ1n) is 12.3. The predicted molar refractivity (Wildman–Crippen MR) is 144 cm³/mol. The van der Waals surface area contributed by atoms with Gasteiger partial charge in [0.15, 0.2) is 5.78 Å². The van der Waals surface area contributed by atoms with Gasteiger partial charge in [-0.1, -0.05) is 24.3 Å². The molecule has 1 fully saturated rings. The number of Topliss-reactive ketones (excluding diaryl/α,β-unsaturated/α-hetero) is 1. The average Bonchev–Trinajstić information content (AvgIpc) is 3.39. The maximum Gasteiger partial charge on any atom is 0.337 e.